The molecule has 0 bridgehead atoms. The summed E-state index contributed by atoms with van der Waals surface area (Å²) in [6, 6.07) is 12.9. The van der Waals surface area contributed by atoms with E-state index >= 15 is 0 Å². The van der Waals surface area contributed by atoms with Crippen molar-refractivity contribution in [1.29, 1.82) is 0 Å². The lowest BCUT2D eigenvalue weighted by atomic mass is 9.76. The summed E-state index contributed by atoms with van der Waals surface area (Å²) in [6.07, 6.45) is 2.46. The third-order valence-corrected chi connectivity index (χ3v) is 5.81. The van der Waals surface area contributed by atoms with Crippen LogP contribution in [0.15, 0.2) is 48.5 Å². The molecule has 2 aromatic rings. The molecule has 1 aliphatic carbocycles. The first-order chi connectivity index (χ1) is 13.4. The van der Waals surface area contributed by atoms with E-state index in [1.165, 1.54) is 4.90 Å². The van der Waals surface area contributed by atoms with Crippen molar-refractivity contribution in [3.05, 3.63) is 59.1 Å². The number of benzene rings is 2. The maximum Gasteiger partial charge on any atom is 0.343 e. The van der Waals surface area contributed by atoms with Gasteiger partial charge in [0.15, 0.2) is 0 Å². The van der Waals surface area contributed by atoms with Crippen molar-refractivity contribution in [1.82, 2.24) is 0 Å². The Balaban J connectivity index is 1.55. The van der Waals surface area contributed by atoms with E-state index in [-0.39, 0.29) is 29.4 Å². The van der Waals surface area contributed by atoms with Crippen molar-refractivity contribution in [3.63, 3.8) is 0 Å². The smallest absolute Gasteiger partial charge is 0.343 e. The number of hydrogen-bond acceptors (Lipinski definition) is 4. The highest BCUT2D eigenvalue weighted by Crippen LogP contribution is 2.42. The summed E-state index contributed by atoms with van der Waals surface area (Å²) < 4.78 is 5.42. The summed E-state index contributed by atoms with van der Waals surface area (Å²) in [5, 5.41) is 0.528. The van der Waals surface area contributed by atoms with Gasteiger partial charge in [0.05, 0.1) is 23.1 Å². The van der Waals surface area contributed by atoms with Crippen molar-refractivity contribution < 1.29 is 19.1 Å². The highest BCUT2D eigenvalue weighted by Gasteiger charge is 2.50. The second-order valence-electron chi connectivity index (χ2n) is 7.54. The van der Waals surface area contributed by atoms with E-state index in [9.17, 15) is 14.4 Å². The number of ether oxygens (including phenoxy) is 1. The standard InChI is InChI=1S/C22H20ClNO4/c1-13-5-10-18-19(11-13)21(26)24(20(18)25)16-3-2-4-17(12-16)28-22(27)14-6-8-15(23)9-7-14/h2-4,6-9,12-13,18-19H,5,10-11H2,1H3/t13-,18-,19-/m1/s1. The SMILES string of the molecule is C[C@@H]1CC[C@H]2C(=O)N(c3cccc(OC(=O)c4ccc(Cl)cc4)c3)C(=O)[C@@H]2C1. The van der Waals surface area contributed by atoms with Crippen LogP contribution in [0.5, 0.6) is 5.75 Å². The number of carbonyl (C=O) groups is 3. The van der Waals surface area contributed by atoms with E-state index in [0.717, 1.165) is 19.3 Å². The van der Waals surface area contributed by atoms with Crippen LogP contribution in [0.1, 0.15) is 36.5 Å². The fourth-order valence-corrected chi connectivity index (χ4v) is 4.21. The van der Waals surface area contributed by atoms with Crippen molar-refractivity contribution in [3.8, 4) is 5.75 Å². The summed E-state index contributed by atoms with van der Waals surface area (Å²) in [7, 11) is 0. The zero-order valence-corrected chi connectivity index (χ0v) is 16.2. The third-order valence-electron chi connectivity index (χ3n) is 5.55. The van der Waals surface area contributed by atoms with Gasteiger partial charge in [0.1, 0.15) is 5.75 Å². The van der Waals surface area contributed by atoms with Gasteiger partial charge in [0.25, 0.3) is 0 Å². The number of hydrogen-bond donors (Lipinski definition) is 0. The highest BCUT2D eigenvalue weighted by molar-refractivity contribution is 6.30. The van der Waals surface area contributed by atoms with Gasteiger partial charge < -0.3 is 4.74 Å². The number of rotatable bonds is 3. The van der Waals surface area contributed by atoms with Gasteiger partial charge in [-0.1, -0.05) is 24.6 Å². The van der Waals surface area contributed by atoms with Crippen molar-refractivity contribution in [2.45, 2.75) is 26.2 Å². The first-order valence-corrected chi connectivity index (χ1v) is 9.77. The van der Waals surface area contributed by atoms with Gasteiger partial charge in [-0.25, -0.2) is 9.69 Å². The summed E-state index contributed by atoms with van der Waals surface area (Å²) in [5.41, 5.74) is 0.807. The molecular formula is C22H20ClNO4. The number of anilines is 1. The lowest BCUT2D eigenvalue weighted by molar-refractivity contribution is -0.122. The van der Waals surface area contributed by atoms with Gasteiger partial charge in [0, 0.05) is 11.1 Å². The Morgan fingerprint density at radius 1 is 1.04 bits per heavy atom. The zero-order valence-electron chi connectivity index (χ0n) is 15.4. The highest BCUT2D eigenvalue weighted by atomic mass is 35.5. The lowest BCUT2D eigenvalue weighted by Crippen LogP contribution is -2.30. The predicted octanol–water partition coefficient (Wildman–Crippen LogP) is 4.48. The second kappa shape index (κ2) is 7.40. The van der Waals surface area contributed by atoms with Gasteiger partial charge in [-0.2, -0.15) is 0 Å². The van der Waals surface area contributed by atoms with Crippen molar-refractivity contribution in [2.24, 2.45) is 17.8 Å². The quantitative estimate of drug-likeness (QED) is 0.435. The average molecular weight is 398 g/mol. The molecule has 0 spiro atoms. The molecule has 0 radical (unpaired) electrons. The molecule has 3 atom stereocenters. The second-order valence-corrected chi connectivity index (χ2v) is 7.97. The van der Waals surface area contributed by atoms with Crippen LogP contribution in [0.2, 0.25) is 5.02 Å². The maximum absolute atomic E-state index is 12.9. The first kappa shape index (κ1) is 18.7. The summed E-state index contributed by atoms with van der Waals surface area (Å²) in [4.78, 5) is 39.3. The van der Waals surface area contributed by atoms with E-state index in [0.29, 0.717) is 22.2 Å². The molecule has 4 rings (SSSR count). The van der Waals surface area contributed by atoms with Crippen LogP contribution < -0.4 is 9.64 Å². The van der Waals surface area contributed by atoms with Crippen molar-refractivity contribution >= 4 is 35.1 Å². The van der Waals surface area contributed by atoms with E-state index in [4.69, 9.17) is 16.3 Å². The number of fused-ring (bicyclic) bond motifs is 1. The fourth-order valence-electron chi connectivity index (χ4n) is 4.08. The number of nitrogens with zero attached hydrogens (tertiary/aromatic N) is 1. The van der Waals surface area contributed by atoms with E-state index in [1.807, 2.05) is 0 Å². The molecule has 2 aromatic carbocycles. The summed E-state index contributed by atoms with van der Waals surface area (Å²) in [5.74, 6) is -0.576. The molecule has 0 N–H and O–H groups in total. The number of imide groups is 1. The van der Waals surface area contributed by atoms with Gasteiger partial charge in [0.2, 0.25) is 11.8 Å². The molecule has 144 valence electrons. The molecular weight excluding hydrogens is 378 g/mol. The Labute approximate surface area is 168 Å². The largest absolute Gasteiger partial charge is 0.423 e. The number of esters is 1. The van der Waals surface area contributed by atoms with Gasteiger partial charge in [-0.05, 0) is 61.6 Å². The Morgan fingerprint density at radius 3 is 2.50 bits per heavy atom. The predicted molar refractivity (Wildman–Crippen MR) is 105 cm³/mol. The Morgan fingerprint density at radius 2 is 1.75 bits per heavy atom. The van der Waals surface area contributed by atoms with E-state index < -0.39 is 5.97 Å². The van der Waals surface area contributed by atoms with Crippen LogP contribution in [0.4, 0.5) is 5.69 Å². The van der Waals surface area contributed by atoms with Crippen LogP contribution in [-0.4, -0.2) is 17.8 Å². The van der Waals surface area contributed by atoms with Crippen LogP contribution in [0.25, 0.3) is 0 Å². The molecule has 6 heteroatoms. The van der Waals surface area contributed by atoms with Gasteiger partial charge in [-0.3, -0.25) is 9.59 Å². The van der Waals surface area contributed by atoms with Crippen LogP contribution >= 0.6 is 11.6 Å². The van der Waals surface area contributed by atoms with Crippen LogP contribution in [0, 0.1) is 17.8 Å². The molecule has 2 fully saturated rings. The molecule has 28 heavy (non-hydrogen) atoms. The number of amides is 2. The molecule has 2 aliphatic rings. The molecule has 1 heterocycles. The number of halogens is 1. The Hall–Kier alpha value is -2.66. The Kier molecular flexibility index (Phi) is 4.94. The summed E-state index contributed by atoms with van der Waals surface area (Å²) in [6.45, 7) is 2.12. The Bertz CT molecular complexity index is 940. The minimum Gasteiger partial charge on any atom is -0.423 e. The van der Waals surface area contributed by atoms with E-state index in [2.05, 4.69) is 6.92 Å². The van der Waals surface area contributed by atoms with Crippen LogP contribution in [0.3, 0.4) is 0 Å². The molecule has 1 saturated heterocycles. The monoisotopic (exact) mass is 397 g/mol. The topological polar surface area (TPSA) is 63.7 Å². The summed E-state index contributed by atoms with van der Waals surface area (Å²) >= 11 is 5.84. The normalized spacial score (nSPS) is 24.2. The molecule has 0 unspecified atom stereocenters. The maximum atomic E-state index is 12.9. The minimum atomic E-state index is -0.532. The molecule has 1 saturated carbocycles. The van der Waals surface area contributed by atoms with Gasteiger partial charge >= 0.3 is 5.97 Å². The molecule has 2 amide bonds. The molecule has 5 nitrogen and oxygen atoms in total. The molecule has 1 aliphatic heterocycles. The van der Waals surface area contributed by atoms with Crippen molar-refractivity contribution in [2.75, 3.05) is 4.90 Å². The zero-order chi connectivity index (χ0) is 19.8. The number of carbonyl (C=O) groups excluding carboxylic acids is 3. The van der Waals surface area contributed by atoms with E-state index in [1.54, 1.807) is 48.5 Å². The lowest BCUT2D eigenvalue weighted by Gasteiger charge is -2.25. The van der Waals surface area contributed by atoms with Crippen LogP contribution in [-0.2, 0) is 9.59 Å². The first-order valence-electron chi connectivity index (χ1n) is 9.39. The average Bonchev–Trinajstić information content (AvgIpc) is 2.92. The third kappa shape index (κ3) is 3.42. The minimum absolute atomic E-state index is 0.150. The molecule has 0 aromatic heterocycles. The van der Waals surface area contributed by atoms with Gasteiger partial charge in [-0.15, -0.1) is 0 Å². The fraction of sp³-hybridized carbons (Fsp3) is 0.318.